The molecule has 5 fully saturated rings. The Labute approximate surface area is 228 Å². The summed E-state index contributed by atoms with van der Waals surface area (Å²) in [5.41, 5.74) is 7.63. The zero-order valence-electron chi connectivity index (χ0n) is 20.9. The van der Waals surface area contributed by atoms with Crippen molar-refractivity contribution in [3.63, 3.8) is 0 Å². The second-order valence-electron chi connectivity index (χ2n) is 11.5. The average Bonchev–Trinajstić information content (AvgIpc) is 3.60. The molecule has 8 heterocycles. The number of alkyl halides is 1. The van der Waals surface area contributed by atoms with Crippen LogP contribution in [0.1, 0.15) is 41.7 Å². The number of thioether (sulfide) groups is 1. The van der Waals surface area contributed by atoms with E-state index >= 15 is 0 Å². The van der Waals surface area contributed by atoms with Gasteiger partial charge in [-0.05, 0) is 25.8 Å². The summed E-state index contributed by atoms with van der Waals surface area (Å²) in [7, 11) is 0. The van der Waals surface area contributed by atoms with E-state index < -0.39 is 6.17 Å². The fraction of sp³-hybridized carbons (Fsp3) is 0.680. The summed E-state index contributed by atoms with van der Waals surface area (Å²) in [6.07, 6.45) is 2.78. The smallest absolute Gasteiger partial charge is 0.323 e. The van der Waals surface area contributed by atoms with Crippen molar-refractivity contribution in [3.8, 4) is 12.1 Å². The molecule has 2 N–H and O–H groups in total. The molecule has 8 rings (SSSR count). The van der Waals surface area contributed by atoms with Gasteiger partial charge in [0.25, 0.3) is 0 Å². The molecule has 38 heavy (non-hydrogen) atoms. The number of nitriles is 1. The lowest BCUT2D eigenvalue weighted by molar-refractivity contribution is 0.00886. The summed E-state index contributed by atoms with van der Waals surface area (Å²) in [4.78, 5) is 22.2. The highest BCUT2D eigenvalue weighted by Gasteiger charge is 2.54. The fourth-order valence-electron chi connectivity index (χ4n) is 7.40. The Morgan fingerprint density at radius 3 is 2.82 bits per heavy atom. The topological polar surface area (TPSA) is 117 Å². The van der Waals surface area contributed by atoms with Gasteiger partial charge in [-0.2, -0.15) is 20.2 Å². The number of fused-ring (bicyclic) bond motifs is 5. The van der Waals surface area contributed by atoms with Gasteiger partial charge in [-0.3, -0.25) is 4.90 Å². The molecule has 4 atom stereocenters. The van der Waals surface area contributed by atoms with Gasteiger partial charge in [0.15, 0.2) is 0 Å². The highest BCUT2D eigenvalue weighted by atomic mass is 32.2. The summed E-state index contributed by atoms with van der Waals surface area (Å²) in [5, 5.41) is 10.4. The number of rotatable bonds is 5. The Bertz CT molecular complexity index is 1330. The van der Waals surface area contributed by atoms with Crippen LogP contribution in [0.25, 0.3) is 0 Å². The first-order valence-corrected chi connectivity index (χ1v) is 15.1. The number of nitrogens with two attached hydrogens (primary N) is 1. The monoisotopic (exact) mass is 556 g/mol. The second kappa shape index (κ2) is 8.30. The number of nitrogens with zero attached hydrogens (tertiary/aromatic N) is 7. The van der Waals surface area contributed by atoms with Crippen LogP contribution < -0.4 is 20.3 Å². The van der Waals surface area contributed by atoms with E-state index in [1.807, 2.05) is 11.8 Å². The molecule has 6 aliphatic heterocycles. The second-order valence-corrected chi connectivity index (χ2v) is 14.0. The van der Waals surface area contributed by atoms with Crippen molar-refractivity contribution in [3.05, 3.63) is 16.0 Å². The Kier molecular flexibility index (Phi) is 5.13. The number of aromatic nitrogens is 3. The van der Waals surface area contributed by atoms with E-state index in [9.17, 15) is 9.65 Å². The average molecular weight is 557 g/mol. The molecule has 2 unspecified atom stereocenters. The van der Waals surface area contributed by atoms with Gasteiger partial charge >= 0.3 is 6.01 Å². The van der Waals surface area contributed by atoms with Crippen molar-refractivity contribution < 1.29 is 13.9 Å². The van der Waals surface area contributed by atoms with Crippen molar-refractivity contribution in [2.24, 2.45) is 0 Å². The first kappa shape index (κ1) is 23.5. The number of anilines is 3. The van der Waals surface area contributed by atoms with Gasteiger partial charge in [0.1, 0.15) is 23.8 Å². The van der Waals surface area contributed by atoms with Crippen LogP contribution in [0, 0.1) is 11.3 Å². The maximum absolute atomic E-state index is 14.3. The maximum atomic E-state index is 14.3. The molecule has 0 aromatic carbocycles. The Morgan fingerprint density at radius 2 is 2.03 bits per heavy atom. The minimum absolute atomic E-state index is 0.160. The summed E-state index contributed by atoms with van der Waals surface area (Å²) in [6.45, 7) is 4.54. The van der Waals surface area contributed by atoms with Gasteiger partial charge in [-0.15, -0.1) is 23.1 Å². The summed E-state index contributed by atoms with van der Waals surface area (Å²) < 4.78 is 26.1. The number of hydrogen-bond donors (Lipinski definition) is 1. The molecule has 2 aromatic rings. The molecule has 2 bridgehead atoms. The van der Waals surface area contributed by atoms with Crippen LogP contribution in [0.4, 0.5) is 21.3 Å². The molecular formula is C25H29FN8O2S2. The van der Waals surface area contributed by atoms with Crippen LogP contribution in [-0.4, -0.2) is 89.6 Å². The van der Waals surface area contributed by atoms with Gasteiger partial charge in [0, 0.05) is 42.2 Å². The van der Waals surface area contributed by atoms with Gasteiger partial charge in [-0.25, -0.2) is 4.39 Å². The molecule has 2 aromatic heterocycles. The van der Waals surface area contributed by atoms with Crippen LogP contribution in [0.15, 0.2) is 0 Å². The predicted octanol–water partition coefficient (Wildman–Crippen LogP) is 2.28. The lowest BCUT2D eigenvalue weighted by atomic mass is 9.88. The molecule has 0 amide bonds. The van der Waals surface area contributed by atoms with Gasteiger partial charge in [-0.1, -0.05) is 0 Å². The normalized spacial score (nSPS) is 32.6. The van der Waals surface area contributed by atoms with E-state index in [0.717, 1.165) is 37.1 Å². The molecule has 1 spiro atoms. The van der Waals surface area contributed by atoms with Crippen LogP contribution in [0.2, 0.25) is 0 Å². The highest BCUT2D eigenvalue weighted by molar-refractivity contribution is 8.00. The lowest BCUT2D eigenvalue weighted by Crippen LogP contribution is -2.64. The number of halogens is 1. The standard InChI is InChI=1S/C25H29FN8O2S2/c26-14-5-24(2-1-3-33(24)7-14)13-36-23-30-21(29-22(31-23)34-15-4-16(34)9-35-8-15)32-11-25(12-32)19-17(6-27)20(28)38-18(19)10-37-25/h14-16H,1-5,7-13,28H2/t14-,15?,16?,24+/m1/s1. The van der Waals surface area contributed by atoms with E-state index in [1.165, 1.54) is 16.2 Å². The van der Waals surface area contributed by atoms with E-state index in [0.29, 0.717) is 74.3 Å². The largest absolute Gasteiger partial charge is 0.461 e. The lowest BCUT2D eigenvalue weighted by Gasteiger charge is -2.52. The van der Waals surface area contributed by atoms with E-state index in [1.54, 1.807) is 0 Å². The van der Waals surface area contributed by atoms with Gasteiger partial charge in [0.05, 0.1) is 41.1 Å². The third kappa shape index (κ3) is 3.33. The molecule has 200 valence electrons. The van der Waals surface area contributed by atoms with Crippen LogP contribution in [0.5, 0.6) is 6.01 Å². The number of hydrogen-bond acceptors (Lipinski definition) is 12. The number of morpholine rings is 1. The minimum Gasteiger partial charge on any atom is -0.461 e. The number of ether oxygens (including phenoxy) is 2. The Balaban J connectivity index is 1.08. The summed E-state index contributed by atoms with van der Waals surface area (Å²) in [5.74, 6) is 2.10. The molecule has 0 saturated carbocycles. The minimum atomic E-state index is -0.806. The molecule has 13 heteroatoms. The fourth-order valence-corrected chi connectivity index (χ4v) is 10.2. The molecule has 6 aliphatic rings. The van der Waals surface area contributed by atoms with Crippen LogP contribution >= 0.6 is 23.1 Å². The van der Waals surface area contributed by atoms with Crippen molar-refractivity contribution in [1.82, 2.24) is 19.9 Å². The van der Waals surface area contributed by atoms with Crippen molar-refractivity contribution >= 4 is 40.0 Å². The van der Waals surface area contributed by atoms with Crippen LogP contribution in [-0.2, 0) is 15.2 Å². The van der Waals surface area contributed by atoms with Gasteiger partial charge in [0.2, 0.25) is 11.9 Å². The first-order valence-electron chi connectivity index (χ1n) is 13.3. The number of nitrogen functional groups attached to an aromatic ring is 1. The highest BCUT2D eigenvalue weighted by Crippen LogP contribution is 2.57. The molecule has 5 saturated heterocycles. The molecule has 0 aliphatic carbocycles. The third-order valence-electron chi connectivity index (χ3n) is 9.24. The summed E-state index contributed by atoms with van der Waals surface area (Å²) >= 11 is 3.41. The molecule has 0 radical (unpaired) electrons. The molecular weight excluding hydrogens is 527 g/mol. The Morgan fingerprint density at radius 1 is 1.21 bits per heavy atom. The van der Waals surface area contributed by atoms with E-state index in [2.05, 4.69) is 20.8 Å². The first-order chi connectivity index (χ1) is 18.5. The van der Waals surface area contributed by atoms with Gasteiger partial charge < -0.3 is 25.0 Å². The zero-order chi connectivity index (χ0) is 25.6. The maximum Gasteiger partial charge on any atom is 0.323 e. The number of thiophene rings is 1. The predicted molar refractivity (Wildman–Crippen MR) is 142 cm³/mol. The SMILES string of the molecule is N#Cc1c(N)sc2c1C1(CN(c3nc(OC[C@@]45CCCN4C[C@H](F)C5)nc(N4C5COCC4C5)n3)C1)SC2. The van der Waals surface area contributed by atoms with E-state index in [4.69, 9.17) is 30.2 Å². The molecule has 10 nitrogen and oxygen atoms in total. The zero-order valence-corrected chi connectivity index (χ0v) is 22.6. The quantitative estimate of drug-likeness (QED) is 0.585. The van der Waals surface area contributed by atoms with E-state index in [-0.39, 0.29) is 22.4 Å². The Hall–Kier alpha value is -2.40. The van der Waals surface area contributed by atoms with Crippen molar-refractivity contribution in [2.75, 3.05) is 61.5 Å². The third-order valence-corrected chi connectivity index (χ3v) is 11.9. The van der Waals surface area contributed by atoms with Crippen molar-refractivity contribution in [2.45, 2.75) is 60.0 Å². The summed E-state index contributed by atoms with van der Waals surface area (Å²) in [6, 6.07) is 3.17. The van der Waals surface area contributed by atoms with Crippen LogP contribution in [0.3, 0.4) is 0 Å². The van der Waals surface area contributed by atoms with Crippen molar-refractivity contribution in [1.29, 1.82) is 5.26 Å².